The third-order valence-corrected chi connectivity index (χ3v) is 11.9. The van der Waals surface area contributed by atoms with Crippen molar-refractivity contribution < 1.29 is 4.52 Å². The topological polar surface area (TPSA) is 9.23 Å². The molecule has 0 radical (unpaired) electrons. The molecule has 0 aliphatic heterocycles. The minimum atomic E-state index is -2.01. The van der Waals surface area contributed by atoms with Crippen molar-refractivity contribution in [1.82, 2.24) is 0 Å². The molecule has 0 saturated carbocycles. The smallest absolute Gasteiger partial charge is 0.177 e. The molecule has 0 spiro atoms. The molecule has 0 saturated heterocycles. The van der Waals surface area contributed by atoms with Crippen LogP contribution in [0.1, 0.15) is 0 Å². The van der Waals surface area contributed by atoms with Gasteiger partial charge in [-0.25, -0.2) is 0 Å². The van der Waals surface area contributed by atoms with Gasteiger partial charge in [0.1, 0.15) is 6.10 Å². The summed E-state index contributed by atoms with van der Waals surface area (Å²) in [5.41, 5.74) is 0. The van der Waals surface area contributed by atoms with E-state index in [9.17, 15) is 0 Å². The van der Waals surface area contributed by atoms with Gasteiger partial charge in [0.05, 0.1) is 0 Å². The second-order valence-electron chi connectivity index (χ2n) is 4.47. The number of hydrogen-bond acceptors (Lipinski definition) is 4. The van der Waals surface area contributed by atoms with E-state index in [1.807, 2.05) is 12.2 Å². The first-order valence-corrected chi connectivity index (χ1v) is 12.1. The summed E-state index contributed by atoms with van der Waals surface area (Å²) in [7, 11) is 0. The van der Waals surface area contributed by atoms with Gasteiger partial charge in [-0.1, -0.05) is 95.7 Å². The van der Waals surface area contributed by atoms with Crippen LogP contribution in [0.5, 0.6) is 0 Å². The molecule has 1 nitrogen and oxygen atoms in total. The fourth-order valence-electron chi connectivity index (χ4n) is 1.97. The van der Waals surface area contributed by atoms with Crippen molar-refractivity contribution in [3.05, 3.63) is 72.9 Å². The largest absolute Gasteiger partial charge is 0.322 e. The Hall–Kier alpha value is -0.250. The molecule has 0 bridgehead atoms. The maximum absolute atomic E-state index is 6.27. The Balaban J connectivity index is 1.71. The van der Waals surface area contributed by atoms with Crippen molar-refractivity contribution in [2.75, 3.05) is 0 Å². The quantitative estimate of drug-likeness (QED) is 0.617. The van der Waals surface area contributed by atoms with Crippen molar-refractivity contribution in [2.24, 2.45) is 0 Å². The molecule has 0 fully saturated rings. The number of rotatable bonds is 6. The fraction of sp³-hybridized carbons (Fsp3) is 0.200. The second-order valence-corrected chi connectivity index (χ2v) is 15.1. The molecular weight excluding hydrogens is 323 g/mol. The zero-order chi connectivity index (χ0) is 13.8. The van der Waals surface area contributed by atoms with E-state index in [1.54, 1.807) is 22.8 Å². The van der Waals surface area contributed by atoms with Gasteiger partial charge in [-0.2, -0.15) is 0 Å². The Morgan fingerprint density at radius 3 is 1.55 bits per heavy atom. The van der Waals surface area contributed by atoms with Gasteiger partial charge in [-0.15, -0.1) is 0 Å². The lowest BCUT2D eigenvalue weighted by Crippen LogP contribution is -2.03. The molecule has 3 aliphatic carbocycles. The SMILES string of the molecule is S=P(OC1C=CC=C1)(SC1C=CC=C1)SC1C=CC=C1. The van der Waals surface area contributed by atoms with Crippen LogP contribution in [0.2, 0.25) is 0 Å². The van der Waals surface area contributed by atoms with Crippen molar-refractivity contribution in [3.8, 4) is 0 Å². The average molecular weight is 338 g/mol. The molecule has 3 aliphatic rings. The molecule has 5 heteroatoms. The first kappa shape index (κ1) is 14.7. The minimum absolute atomic E-state index is 0.0320. The van der Waals surface area contributed by atoms with Crippen molar-refractivity contribution >= 4 is 39.2 Å². The van der Waals surface area contributed by atoms with E-state index in [4.69, 9.17) is 16.3 Å². The van der Waals surface area contributed by atoms with Crippen LogP contribution in [0.15, 0.2) is 72.9 Å². The van der Waals surface area contributed by atoms with Gasteiger partial charge in [-0.05, 0) is 11.8 Å². The van der Waals surface area contributed by atoms with Crippen LogP contribution in [-0.2, 0) is 16.3 Å². The molecule has 0 N–H and O–H groups in total. The summed E-state index contributed by atoms with van der Waals surface area (Å²) < 4.78 is 4.26. The van der Waals surface area contributed by atoms with E-state index in [-0.39, 0.29) is 6.10 Å². The lowest BCUT2D eigenvalue weighted by atomic mass is 10.4. The predicted molar refractivity (Wildman–Crippen MR) is 96.8 cm³/mol. The van der Waals surface area contributed by atoms with Crippen LogP contribution < -0.4 is 0 Å². The molecule has 0 aromatic heterocycles. The van der Waals surface area contributed by atoms with Gasteiger partial charge in [0.2, 0.25) is 0 Å². The zero-order valence-electron chi connectivity index (χ0n) is 10.7. The van der Waals surface area contributed by atoms with E-state index in [0.29, 0.717) is 10.5 Å². The Labute approximate surface area is 133 Å². The van der Waals surface area contributed by atoms with E-state index in [1.165, 1.54) is 0 Å². The fourth-order valence-corrected chi connectivity index (χ4v) is 11.8. The highest BCUT2D eigenvalue weighted by atomic mass is 33.2. The summed E-state index contributed by atoms with van der Waals surface area (Å²) >= 11 is 9.49. The highest BCUT2D eigenvalue weighted by Gasteiger charge is 2.29. The Kier molecular flexibility index (Phi) is 4.90. The molecule has 0 aromatic carbocycles. The van der Waals surface area contributed by atoms with Crippen LogP contribution in [0.25, 0.3) is 0 Å². The summed E-state index contributed by atoms with van der Waals surface area (Å²) in [5.74, 6) is 0. The Bertz CT molecular complexity index is 469. The molecule has 0 heterocycles. The maximum Gasteiger partial charge on any atom is 0.177 e. The highest BCUT2D eigenvalue weighted by molar-refractivity contribution is 8.99. The second kappa shape index (κ2) is 6.67. The minimum Gasteiger partial charge on any atom is -0.322 e. The third-order valence-electron chi connectivity index (χ3n) is 2.89. The van der Waals surface area contributed by atoms with E-state index in [0.717, 1.165) is 0 Å². The summed E-state index contributed by atoms with van der Waals surface area (Å²) in [4.78, 5) is 0. The van der Waals surface area contributed by atoms with Crippen molar-refractivity contribution in [1.29, 1.82) is 0 Å². The third kappa shape index (κ3) is 3.90. The first-order chi connectivity index (χ1) is 9.73. The molecule has 3 rings (SSSR count). The first-order valence-electron chi connectivity index (χ1n) is 6.44. The van der Waals surface area contributed by atoms with Gasteiger partial charge < -0.3 is 4.52 Å². The summed E-state index contributed by atoms with van der Waals surface area (Å²) in [6, 6.07) is 0. The van der Waals surface area contributed by atoms with Crippen molar-refractivity contribution in [3.63, 3.8) is 0 Å². The highest BCUT2D eigenvalue weighted by Crippen LogP contribution is 2.74. The van der Waals surface area contributed by atoms with E-state index in [2.05, 4.69) is 60.8 Å². The zero-order valence-corrected chi connectivity index (χ0v) is 14.1. The lowest BCUT2D eigenvalue weighted by Gasteiger charge is -2.26. The van der Waals surface area contributed by atoms with Gasteiger partial charge in [0.15, 0.2) is 4.67 Å². The van der Waals surface area contributed by atoms with Gasteiger partial charge in [0, 0.05) is 10.5 Å². The van der Waals surface area contributed by atoms with E-state index >= 15 is 0 Å². The van der Waals surface area contributed by atoms with Crippen LogP contribution >= 0.6 is 27.4 Å². The van der Waals surface area contributed by atoms with E-state index < -0.39 is 4.67 Å². The molecule has 0 amide bonds. The summed E-state index contributed by atoms with van der Waals surface area (Å²) in [6.07, 6.45) is 25.2. The van der Waals surface area contributed by atoms with Crippen LogP contribution in [0, 0.1) is 0 Å². The Morgan fingerprint density at radius 1 is 0.700 bits per heavy atom. The molecule has 0 atom stereocenters. The van der Waals surface area contributed by atoms with Crippen molar-refractivity contribution in [2.45, 2.75) is 16.6 Å². The molecular formula is C15H15OPS3. The lowest BCUT2D eigenvalue weighted by molar-refractivity contribution is 0.346. The molecule has 0 unspecified atom stereocenters. The number of hydrogen-bond donors (Lipinski definition) is 0. The van der Waals surface area contributed by atoms with Gasteiger partial charge in [-0.3, -0.25) is 0 Å². The van der Waals surface area contributed by atoms with Crippen LogP contribution in [-0.4, -0.2) is 16.6 Å². The van der Waals surface area contributed by atoms with Crippen LogP contribution in [0.3, 0.4) is 0 Å². The molecule has 20 heavy (non-hydrogen) atoms. The molecule has 104 valence electrons. The maximum atomic E-state index is 6.27. The summed E-state index contributed by atoms with van der Waals surface area (Å²) in [6.45, 7) is 0. The van der Waals surface area contributed by atoms with Crippen LogP contribution in [0.4, 0.5) is 0 Å². The standard InChI is InChI=1S/C15H15OPS3/c18-17(16-13-7-1-2-8-13,19-14-9-3-4-10-14)20-15-11-5-6-12-15/h1-15H. The average Bonchev–Trinajstić information content (AvgIpc) is 3.11. The molecule has 0 aromatic rings. The Morgan fingerprint density at radius 2 is 1.10 bits per heavy atom. The normalized spacial score (nSPS) is 22.0. The predicted octanol–water partition coefficient (Wildman–Crippen LogP) is 5.18. The van der Waals surface area contributed by atoms with Gasteiger partial charge in [0.25, 0.3) is 0 Å². The number of allylic oxidation sites excluding steroid dienone is 6. The monoisotopic (exact) mass is 338 g/mol. The summed E-state index contributed by atoms with van der Waals surface area (Å²) in [5, 5.41) is 0.689. The van der Waals surface area contributed by atoms with Gasteiger partial charge >= 0.3 is 0 Å².